The molecule has 0 saturated carbocycles. The standard InChI is InChI=1S/C28H49NO6S/c1-4-5-6-11-14-25(31)15-12-9-7-8-10-13-16-26(21-28(32)29-22-24(3)30)35-36(33,34)27-19-17-23(2)18-20-27/h17-20,24-26,30-31H,4-16,21-22H2,1-3H3,(H,29,32). The van der Waals surface area contributed by atoms with Crippen LogP contribution in [0.4, 0.5) is 0 Å². The lowest BCUT2D eigenvalue weighted by molar-refractivity contribution is -0.123. The lowest BCUT2D eigenvalue weighted by atomic mass is 10.0. The summed E-state index contributed by atoms with van der Waals surface area (Å²) in [5, 5.41) is 22.1. The highest BCUT2D eigenvalue weighted by molar-refractivity contribution is 7.86. The SMILES string of the molecule is CCCCCCC(O)CCCCCCCCC(CC(=O)NCC(C)O)OS(=O)(=O)c1ccc(C)cc1. The third-order valence-electron chi connectivity index (χ3n) is 6.28. The van der Waals surface area contributed by atoms with Crippen LogP contribution in [0, 0.1) is 6.92 Å². The number of hydrogen-bond donors (Lipinski definition) is 3. The third-order valence-corrected chi connectivity index (χ3v) is 7.66. The fourth-order valence-corrected chi connectivity index (χ4v) is 5.18. The van der Waals surface area contributed by atoms with Crippen molar-refractivity contribution >= 4 is 16.0 Å². The Morgan fingerprint density at radius 2 is 1.42 bits per heavy atom. The van der Waals surface area contributed by atoms with E-state index in [-0.39, 0.29) is 29.9 Å². The van der Waals surface area contributed by atoms with Gasteiger partial charge >= 0.3 is 0 Å². The van der Waals surface area contributed by atoms with Gasteiger partial charge in [-0.25, -0.2) is 0 Å². The van der Waals surface area contributed by atoms with Crippen molar-refractivity contribution in [2.75, 3.05) is 6.54 Å². The van der Waals surface area contributed by atoms with Crippen molar-refractivity contribution < 1.29 is 27.6 Å². The minimum Gasteiger partial charge on any atom is -0.393 e. The molecule has 0 aliphatic heterocycles. The van der Waals surface area contributed by atoms with Gasteiger partial charge in [-0.15, -0.1) is 0 Å². The molecule has 3 atom stereocenters. The molecule has 1 aromatic rings. The summed E-state index contributed by atoms with van der Waals surface area (Å²) in [4.78, 5) is 12.3. The first-order valence-corrected chi connectivity index (χ1v) is 15.2. The van der Waals surface area contributed by atoms with Crippen LogP contribution in [0.1, 0.15) is 109 Å². The summed E-state index contributed by atoms with van der Waals surface area (Å²) in [5.74, 6) is -0.340. The van der Waals surface area contributed by atoms with E-state index in [0.717, 1.165) is 63.4 Å². The molecule has 3 N–H and O–H groups in total. The Labute approximate surface area is 219 Å². The smallest absolute Gasteiger partial charge is 0.297 e. The molecular formula is C28H49NO6S. The van der Waals surface area contributed by atoms with Gasteiger partial charge in [-0.3, -0.25) is 8.98 Å². The van der Waals surface area contributed by atoms with Gasteiger partial charge in [0, 0.05) is 6.54 Å². The largest absolute Gasteiger partial charge is 0.393 e. The van der Waals surface area contributed by atoms with Crippen LogP contribution in [0.2, 0.25) is 0 Å². The number of aliphatic hydroxyl groups excluding tert-OH is 2. The Hall–Kier alpha value is -1.48. The number of carbonyl (C=O) groups is 1. The van der Waals surface area contributed by atoms with Gasteiger partial charge in [0.2, 0.25) is 5.91 Å². The molecule has 1 rings (SSSR count). The quantitative estimate of drug-likeness (QED) is 0.146. The number of nitrogens with one attached hydrogen (secondary N) is 1. The van der Waals surface area contributed by atoms with Gasteiger partial charge in [0.15, 0.2) is 0 Å². The fraction of sp³-hybridized carbons (Fsp3) is 0.750. The van der Waals surface area contributed by atoms with Crippen molar-refractivity contribution in [2.24, 2.45) is 0 Å². The highest BCUT2D eigenvalue weighted by atomic mass is 32.2. The summed E-state index contributed by atoms with van der Waals surface area (Å²) < 4.78 is 31.0. The van der Waals surface area contributed by atoms with Gasteiger partial charge in [0.1, 0.15) is 0 Å². The summed E-state index contributed by atoms with van der Waals surface area (Å²) in [6, 6.07) is 6.45. The average Bonchev–Trinajstić information content (AvgIpc) is 2.82. The van der Waals surface area contributed by atoms with Crippen molar-refractivity contribution in [1.29, 1.82) is 0 Å². The Kier molecular flexibility index (Phi) is 16.9. The molecule has 0 saturated heterocycles. The Bertz CT molecular complexity index is 810. The van der Waals surface area contributed by atoms with E-state index in [0.29, 0.717) is 6.42 Å². The topological polar surface area (TPSA) is 113 Å². The molecule has 0 spiro atoms. The van der Waals surface area contributed by atoms with Crippen molar-refractivity contribution in [3.8, 4) is 0 Å². The molecule has 7 nitrogen and oxygen atoms in total. The lowest BCUT2D eigenvalue weighted by Crippen LogP contribution is -2.34. The predicted octanol–water partition coefficient (Wildman–Crippen LogP) is 5.41. The Balaban J connectivity index is 2.42. The van der Waals surface area contributed by atoms with Gasteiger partial charge in [0.05, 0.1) is 29.6 Å². The Morgan fingerprint density at radius 3 is 1.97 bits per heavy atom. The highest BCUT2D eigenvalue weighted by Gasteiger charge is 2.24. The molecule has 1 aromatic carbocycles. The second kappa shape index (κ2) is 18.7. The molecule has 0 fully saturated rings. The van der Waals surface area contributed by atoms with Crippen molar-refractivity contribution in [3.05, 3.63) is 29.8 Å². The van der Waals surface area contributed by atoms with Crippen LogP contribution in [0.3, 0.4) is 0 Å². The molecule has 0 aliphatic carbocycles. The van der Waals surface area contributed by atoms with Gasteiger partial charge in [-0.2, -0.15) is 8.42 Å². The molecule has 208 valence electrons. The maximum Gasteiger partial charge on any atom is 0.297 e. The molecule has 0 aliphatic rings. The van der Waals surface area contributed by atoms with Crippen LogP contribution in [-0.4, -0.2) is 49.4 Å². The number of unbranched alkanes of at least 4 members (excludes halogenated alkanes) is 8. The highest BCUT2D eigenvalue weighted by Crippen LogP contribution is 2.21. The van der Waals surface area contributed by atoms with E-state index in [1.807, 2.05) is 6.92 Å². The van der Waals surface area contributed by atoms with Gasteiger partial charge < -0.3 is 15.5 Å². The van der Waals surface area contributed by atoms with E-state index in [4.69, 9.17) is 4.18 Å². The first kappa shape index (κ1) is 32.5. The molecular weight excluding hydrogens is 478 g/mol. The number of hydrogen-bond acceptors (Lipinski definition) is 6. The number of rotatable bonds is 21. The molecule has 0 radical (unpaired) electrons. The van der Waals surface area contributed by atoms with Crippen molar-refractivity contribution in [3.63, 3.8) is 0 Å². The second-order valence-corrected chi connectivity index (χ2v) is 11.6. The minimum atomic E-state index is -3.98. The summed E-state index contributed by atoms with van der Waals surface area (Å²) in [7, 11) is -3.98. The van der Waals surface area contributed by atoms with Gasteiger partial charge in [-0.1, -0.05) is 88.8 Å². The molecule has 36 heavy (non-hydrogen) atoms. The zero-order valence-electron chi connectivity index (χ0n) is 22.6. The van der Waals surface area contributed by atoms with E-state index in [9.17, 15) is 23.4 Å². The molecule has 0 heterocycles. The number of benzene rings is 1. The maximum atomic E-state index is 12.7. The second-order valence-electron chi connectivity index (χ2n) is 10.0. The summed E-state index contributed by atoms with van der Waals surface area (Å²) in [6.45, 7) is 5.75. The van der Waals surface area contributed by atoms with E-state index >= 15 is 0 Å². The van der Waals surface area contributed by atoms with Crippen LogP contribution >= 0.6 is 0 Å². The maximum absolute atomic E-state index is 12.7. The van der Waals surface area contributed by atoms with Crippen LogP contribution < -0.4 is 5.32 Å². The van der Waals surface area contributed by atoms with Gasteiger partial charge in [0.25, 0.3) is 10.1 Å². The normalized spacial score (nSPS) is 14.4. The van der Waals surface area contributed by atoms with Crippen molar-refractivity contribution in [1.82, 2.24) is 5.32 Å². The fourth-order valence-electron chi connectivity index (χ4n) is 4.07. The van der Waals surface area contributed by atoms with Crippen LogP contribution in [-0.2, 0) is 19.1 Å². The first-order valence-electron chi connectivity index (χ1n) is 13.8. The van der Waals surface area contributed by atoms with E-state index in [1.165, 1.54) is 31.4 Å². The first-order chi connectivity index (χ1) is 17.1. The minimum absolute atomic E-state index is 0.0754. The summed E-state index contributed by atoms with van der Waals surface area (Å²) in [5.41, 5.74) is 0.949. The number of aryl methyl sites for hydroxylation is 1. The average molecular weight is 528 g/mol. The van der Waals surface area contributed by atoms with Crippen molar-refractivity contribution in [2.45, 2.75) is 134 Å². The molecule has 3 unspecified atom stereocenters. The molecule has 8 heteroatoms. The Morgan fingerprint density at radius 1 is 0.889 bits per heavy atom. The third kappa shape index (κ3) is 15.6. The summed E-state index contributed by atoms with van der Waals surface area (Å²) >= 11 is 0. The zero-order valence-corrected chi connectivity index (χ0v) is 23.4. The summed E-state index contributed by atoms with van der Waals surface area (Å²) in [6.07, 6.45) is 11.2. The number of amides is 1. The van der Waals surface area contributed by atoms with Gasteiger partial charge in [-0.05, 0) is 45.2 Å². The molecule has 0 aromatic heterocycles. The van der Waals surface area contributed by atoms with Crippen LogP contribution in [0.15, 0.2) is 29.2 Å². The monoisotopic (exact) mass is 527 g/mol. The molecule has 1 amide bonds. The zero-order chi connectivity index (χ0) is 26.8. The van der Waals surface area contributed by atoms with E-state index in [2.05, 4.69) is 12.2 Å². The lowest BCUT2D eigenvalue weighted by Gasteiger charge is -2.18. The van der Waals surface area contributed by atoms with E-state index < -0.39 is 22.3 Å². The predicted molar refractivity (Wildman–Crippen MR) is 144 cm³/mol. The van der Waals surface area contributed by atoms with E-state index in [1.54, 1.807) is 19.1 Å². The number of carbonyl (C=O) groups excluding carboxylic acids is 1. The number of aliphatic hydroxyl groups is 2. The molecule has 0 bridgehead atoms. The van der Waals surface area contributed by atoms with Crippen LogP contribution in [0.5, 0.6) is 0 Å². The van der Waals surface area contributed by atoms with Crippen LogP contribution in [0.25, 0.3) is 0 Å².